The van der Waals surface area contributed by atoms with E-state index in [9.17, 15) is 9.59 Å². The number of aromatic amines is 1. The molecule has 0 spiro atoms. The molecule has 0 saturated heterocycles. The Morgan fingerprint density at radius 1 is 1.41 bits per heavy atom. The molecule has 1 aromatic rings. The highest BCUT2D eigenvalue weighted by atomic mass is 16.5. The van der Waals surface area contributed by atoms with E-state index in [2.05, 4.69) is 15.3 Å². The Kier molecular flexibility index (Phi) is 5.71. The van der Waals surface area contributed by atoms with Crippen LogP contribution in [-0.4, -0.2) is 35.6 Å². The second-order valence-electron chi connectivity index (χ2n) is 6.05. The molecule has 0 radical (unpaired) electrons. The van der Waals surface area contributed by atoms with E-state index in [0.717, 1.165) is 30.5 Å². The normalized spacial score (nSPS) is 21.0. The van der Waals surface area contributed by atoms with Gasteiger partial charge in [0.15, 0.2) is 0 Å². The van der Waals surface area contributed by atoms with Crippen molar-refractivity contribution in [1.29, 1.82) is 0 Å². The fourth-order valence-electron chi connectivity index (χ4n) is 3.28. The van der Waals surface area contributed by atoms with Gasteiger partial charge in [0.2, 0.25) is 5.91 Å². The third kappa shape index (κ3) is 4.16. The zero-order valence-electron chi connectivity index (χ0n) is 13.6. The fraction of sp³-hybridized carbons (Fsp3) is 0.688. The number of nitrogens with zero attached hydrogens (tertiary/aromatic N) is 1. The summed E-state index contributed by atoms with van der Waals surface area (Å²) in [5.74, 6) is 0.477. The SMILES string of the molecule is COCC1CCCC1NC(=O)CCc1c(C)nc(=O)[nH]c1C. The lowest BCUT2D eigenvalue weighted by Gasteiger charge is -2.20. The predicted molar refractivity (Wildman–Crippen MR) is 83.8 cm³/mol. The van der Waals surface area contributed by atoms with Gasteiger partial charge in [-0.25, -0.2) is 4.79 Å². The van der Waals surface area contributed by atoms with Gasteiger partial charge in [-0.1, -0.05) is 6.42 Å². The van der Waals surface area contributed by atoms with Crippen LogP contribution in [0.4, 0.5) is 0 Å². The minimum absolute atomic E-state index is 0.0537. The molecule has 2 rings (SSSR count). The van der Waals surface area contributed by atoms with E-state index in [1.165, 1.54) is 0 Å². The molecule has 22 heavy (non-hydrogen) atoms. The third-order valence-electron chi connectivity index (χ3n) is 4.44. The largest absolute Gasteiger partial charge is 0.384 e. The van der Waals surface area contributed by atoms with Gasteiger partial charge in [-0.2, -0.15) is 4.98 Å². The molecule has 6 heteroatoms. The number of aryl methyl sites for hydroxylation is 2. The number of ether oxygens (including phenoxy) is 1. The molecule has 0 bridgehead atoms. The van der Waals surface area contributed by atoms with E-state index < -0.39 is 0 Å². The first kappa shape index (κ1) is 16.7. The Morgan fingerprint density at radius 3 is 2.86 bits per heavy atom. The van der Waals surface area contributed by atoms with Gasteiger partial charge in [0.1, 0.15) is 0 Å². The van der Waals surface area contributed by atoms with Gasteiger partial charge in [-0.15, -0.1) is 0 Å². The lowest BCUT2D eigenvalue weighted by molar-refractivity contribution is -0.122. The summed E-state index contributed by atoms with van der Waals surface area (Å²) in [7, 11) is 1.70. The highest BCUT2D eigenvalue weighted by Crippen LogP contribution is 2.25. The van der Waals surface area contributed by atoms with E-state index in [0.29, 0.717) is 31.1 Å². The van der Waals surface area contributed by atoms with Crippen LogP contribution in [-0.2, 0) is 16.0 Å². The number of methoxy groups -OCH3 is 1. The average Bonchev–Trinajstić information content (AvgIpc) is 2.85. The summed E-state index contributed by atoms with van der Waals surface area (Å²) in [5, 5.41) is 3.12. The van der Waals surface area contributed by atoms with E-state index in [4.69, 9.17) is 4.74 Å². The highest BCUT2D eigenvalue weighted by molar-refractivity contribution is 5.76. The summed E-state index contributed by atoms with van der Waals surface area (Å²) in [6.45, 7) is 4.35. The number of hydrogen-bond donors (Lipinski definition) is 2. The molecule has 2 atom stereocenters. The molecule has 6 nitrogen and oxygen atoms in total. The lowest BCUT2D eigenvalue weighted by atomic mass is 10.0. The lowest BCUT2D eigenvalue weighted by Crippen LogP contribution is -2.39. The topological polar surface area (TPSA) is 84.1 Å². The summed E-state index contributed by atoms with van der Waals surface area (Å²) in [5.41, 5.74) is 2.11. The average molecular weight is 307 g/mol. The Balaban J connectivity index is 1.89. The molecule has 122 valence electrons. The number of amides is 1. The molecule has 1 amide bonds. The summed E-state index contributed by atoms with van der Waals surface area (Å²) < 4.78 is 5.22. The van der Waals surface area contributed by atoms with Crippen molar-refractivity contribution in [3.05, 3.63) is 27.4 Å². The van der Waals surface area contributed by atoms with Gasteiger partial charge in [0.25, 0.3) is 0 Å². The molecule has 2 unspecified atom stereocenters. The second kappa shape index (κ2) is 7.54. The first-order valence-corrected chi connectivity index (χ1v) is 7.86. The number of rotatable bonds is 6. The molecule has 1 fully saturated rings. The standard InChI is InChI=1S/C16H25N3O3/c1-10-13(11(2)18-16(21)17-10)7-8-15(20)19-14-6-4-5-12(14)9-22-3/h12,14H,4-9H2,1-3H3,(H,19,20)(H,17,18,21). The first-order valence-electron chi connectivity index (χ1n) is 7.86. The zero-order chi connectivity index (χ0) is 16.1. The van der Waals surface area contributed by atoms with Gasteiger partial charge >= 0.3 is 5.69 Å². The summed E-state index contributed by atoms with van der Waals surface area (Å²) in [6, 6.07) is 0.225. The third-order valence-corrected chi connectivity index (χ3v) is 4.44. The molecule has 1 saturated carbocycles. The van der Waals surface area contributed by atoms with E-state index in [1.807, 2.05) is 6.92 Å². The van der Waals surface area contributed by atoms with Crippen LogP contribution in [0.1, 0.15) is 42.6 Å². The van der Waals surface area contributed by atoms with Gasteiger partial charge in [-0.3, -0.25) is 4.79 Å². The number of nitrogens with one attached hydrogen (secondary N) is 2. The molecular weight excluding hydrogens is 282 g/mol. The van der Waals surface area contributed by atoms with Crippen molar-refractivity contribution < 1.29 is 9.53 Å². The van der Waals surface area contributed by atoms with Crippen LogP contribution in [0, 0.1) is 19.8 Å². The van der Waals surface area contributed by atoms with E-state index in [-0.39, 0.29) is 17.6 Å². The fourth-order valence-corrected chi connectivity index (χ4v) is 3.28. The second-order valence-corrected chi connectivity index (χ2v) is 6.05. The summed E-state index contributed by atoms with van der Waals surface area (Å²) in [6.07, 6.45) is 4.28. The monoisotopic (exact) mass is 307 g/mol. The maximum absolute atomic E-state index is 12.2. The van der Waals surface area contributed by atoms with Crippen LogP contribution in [0.25, 0.3) is 0 Å². The Hall–Kier alpha value is -1.69. The Morgan fingerprint density at radius 2 is 2.18 bits per heavy atom. The van der Waals surface area contributed by atoms with Crippen molar-refractivity contribution in [2.45, 2.75) is 52.0 Å². The Labute approximate surface area is 130 Å². The minimum Gasteiger partial charge on any atom is -0.384 e. The minimum atomic E-state index is -0.337. The number of carbonyl (C=O) groups excluding carboxylic acids is 1. The number of H-pyrrole nitrogens is 1. The van der Waals surface area contributed by atoms with Crippen molar-refractivity contribution in [1.82, 2.24) is 15.3 Å². The van der Waals surface area contributed by atoms with Gasteiger partial charge in [0, 0.05) is 36.9 Å². The van der Waals surface area contributed by atoms with Crippen molar-refractivity contribution in [2.75, 3.05) is 13.7 Å². The maximum Gasteiger partial charge on any atom is 0.345 e. The van der Waals surface area contributed by atoms with E-state index >= 15 is 0 Å². The molecule has 1 aliphatic rings. The molecule has 1 heterocycles. The van der Waals surface area contributed by atoms with Crippen molar-refractivity contribution in [3.63, 3.8) is 0 Å². The Bertz CT molecular complexity index is 556. The predicted octanol–water partition coefficient (Wildman–Crippen LogP) is 1.25. The smallest absolute Gasteiger partial charge is 0.345 e. The molecular formula is C16H25N3O3. The van der Waals surface area contributed by atoms with Crippen LogP contribution in [0.15, 0.2) is 4.79 Å². The summed E-state index contributed by atoms with van der Waals surface area (Å²) >= 11 is 0. The number of aromatic nitrogens is 2. The maximum atomic E-state index is 12.2. The van der Waals surface area contributed by atoms with Gasteiger partial charge in [-0.05, 0) is 38.7 Å². The van der Waals surface area contributed by atoms with Crippen LogP contribution < -0.4 is 11.0 Å². The van der Waals surface area contributed by atoms with Crippen LogP contribution in [0.3, 0.4) is 0 Å². The zero-order valence-corrected chi connectivity index (χ0v) is 13.6. The quantitative estimate of drug-likeness (QED) is 0.828. The number of hydrogen-bond acceptors (Lipinski definition) is 4. The van der Waals surface area contributed by atoms with Gasteiger partial charge in [0.05, 0.1) is 6.61 Å². The van der Waals surface area contributed by atoms with Crippen molar-refractivity contribution in [2.24, 2.45) is 5.92 Å². The highest BCUT2D eigenvalue weighted by Gasteiger charge is 2.28. The summed E-state index contributed by atoms with van der Waals surface area (Å²) in [4.78, 5) is 30.0. The molecule has 0 aromatic carbocycles. The molecule has 1 aliphatic carbocycles. The van der Waals surface area contributed by atoms with Crippen LogP contribution in [0.2, 0.25) is 0 Å². The molecule has 0 aliphatic heterocycles. The number of carbonyl (C=O) groups is 1. The van der Waals surface area contributed by atoms with Crippen LogP contribution >= 0.6 is 0 Å². The van der Waals surface area contributed by atoms with Gasteiger partial charge < -0.3 is 15.0 Å². The van der Waals surface area contributed by atoms with Crippen LogP contribution in [0.5, 0.6) is 0 Å². The van der Waals surface area contributed by atoms with Crippen molar-refractivity contribution >= 4 is 5.91 Å². The molecule has 2 N–H and O–H groups in total. The molecule has 1 aromatic heterocycles. The first-order chi connectivity index (χ1) is 10.5. The van der Waals surface area contributed by atoms with E-state index in [1.54, 1.807) is 14.0 Å². The van der Waals surface area contributed by atoms with Crippen molar-refractivity contribution in [3.8, 4) is 0 Å².